The highest BCUT2D eigenvalue weighted by atomic mass is 16.6. The van der Waals surface area contributed by atoms with Crippen molar-refractivity contribution in [2.24, 2.45) is 0 Å². The van der Waals surface area contributed by atoms with Crippen LogP contribution in [0.25, 0.3) is 11.5 Å². The van der Waals surface area contributed by atoms with Crippen molar-refractivity contribution in [2.75, 3.05) is 17.3 Å². The summed E-state index contributed by atoms with van der Waals surface area (Å²) in [7, 11) is 1.54. The Hall–Kier alpha value is -4.74. The first-order chi connectivity index (χ1) is 19.0. The highest BCUT2D eigenvalue weighted by Crippen LogP contribution is 2.26. The molecule has 2 amide bonds. The molecule has 0 spiro atoms. The highest BCUT2D eigenvalue weighted by molar-refractivity contribution is 6.00. The molecule has 0 radical (unpaired) electrons. The maximum Gasteiger partial charge on any atom is 0.415 e. The van der Waals surface area contributed by atoms with E-state index in [0.717, 1.165) is 25.0 Å². The lowest BCUT2D eigenvalue weighted by Gasteiger charge is -2.26. The van der Waals surface area contributed by atoms with Crippen molar-refractivity contribution in [1.82, 2.24) is 29.5 Å². The summed E-state index contributed by atoms with van der Waals surface area (Å²) in [6.07, 6.45) is 5.36. The Morgan fingerprint density at radius 1 is 1.12 bits per heavy atom. The fraction of sp³-hybridized carbons (Fsp3) is 0.357. The third-order valence-electron chi connectivity index (χ3n) is 6.48. The third-order valence-corrected chi connectivity index (χ3v) is 6.48. The fourth-order valence-corrected chi connectivity index (χ4v) is 4.22. The molecular weight excluding hydrogens is 512 g/mol. The standard InChI is InChI=1S/C28H32N8O4/c1-17-9-6-13-22(30-17)35-14-8-12-20(26(35)38)32-21-15-23(34(5)27(39)40-28(2,3)4)36-24(33-21)19(16-29-36)25(37)31-18-10-7-11-18/h6,8-9,12-16,18H,7,10-11H2,1-5H3,(H,31,37)(H,32,33). The van der Waals surface area contributed by atoms with Crippen molar-refractivity contribution in [1.29, 1.82) is 0 Å². The van der Waals surface area contributed by atoms with Gasteiger partial charge in [0.05, 0.1) is 6.20 Å². The number of carbonyl (C=O) groups is 2. The lowest BCUT2D eigenvalue weighted by Crippen LogP contribution is -2.39. The average molecular weight is 545 g/mol. The molecule has 208 valence electrons. The Bertz CT molecular complexity index is 1650. The number of aryl methyl sites for hydroxylation is 1. The predicted octanol–water partition coefficient (Wildman–Crippen LogP) is 3.98. The fourth-order valence-electron chi connectivity index (χ4n) is 4.22. The van der Waals surface area contributed by atoms with Crippen LogP contribution in [0.2, 0.25) is 0 Å². The van der Waals surface area contributed by atoms with Crippen LogP contribution in [0.3, 0.4) is 0 Å². The lowest BCUT2D eigenvalue weighted by molar-refractivity contribution is 0.0587. The van der Waals surface area contributed by atoms with Gasteiger partial charge in [-0.3, -0.25) is 19.1 Å². The number of pyridine rings is 2. The molecule has 2 N–H and O–H groups in total. The molecule has 4 aromatic heterocycles. The van der Waals surface area contributed by atoms with Crippen LogP contribution in [0.15, 0.2) is 53.6 Å². The summed E-state index contributed by atoms with van der Waals surface area (Å²) in [5.41, 5.74) is 0.412. The molecule has 0 bridgehead atoms. The van der Waals surface area contributed by atoms with E-state index in [9.17, 15) is 14.4 Å². The van der Waals surface area contributed by atoms with E-state index in [2.05, 4.69) is 25.7 Å². The Morgan fingerprint density at radius 3 is 2.58 bits per heavy atom. The van der Waals surface area contributed by atoms with Gasteiger partial charge in [0, 0.05) is 31.0 Å². The van der Waals surface area contributed by atoms with E-state index in [1.807, 2.05) is 19.1 Å². The van der Waals surface area contributed by atoms with Gasteiger partial charge >= 0.3 is 6.09 Å². The summed E-state index contributed by atoms with van der Waals surface area (Å²) in [5.74, 6) is 0.708. The zero-order valence-corrected chi connectivity index (χ0v) is 23.1. The number of hydrogen-bond donors (Lipinski definition) is 2. The molecule has 0 saturated heterocycles. The molecule has 1 fully saturated rings. The third kappa shape index (κ3) is 5.51. The van der Waals surface area contributed by atoms with Crippen LogP contribution in [0, 0.1) is 6.92 Å². The molecule has 0 aliphatic heterocycles. The predicted molar refractivity (Wildman–Crippen MR) is 151 cm³/mol. The summed E-state index contributed by atoms with van der Waals surface area (Å²) >= 11 is 0. The Kier molecular flexibility index (Phi) is 7.01. The van der Waals surface area contributed by atoms with Gasteiger partial charge in [0.2, 0.25) is 0 Å². The molecule has 0 aromatic carbocycles. The number of hydrogen-bond acceptors (Lipinski definition) is 8. The minimum absolute atomic E-state index is 0.116. The van der Waals surface area contributed by atoms with E-state index in [1.54, 1.807) is 58.3 Å². The lowest BCUT2D eigenvalue weighted by atomic mass is 9.93. The van der Waals surface area contributed by atoms with Crippen LogP contribution >= 0.6 is 0 Å². The van der Waals surface area contributed by atoms with Gasteiger partial charge in [-0.25, -0.2) is 14.8 Å². The van der Waals surface area contributed by atoms with Gasteiger partial charge in [-0.15, -0.1) is 0 Å². The number of nitrogens with one attached hydrogen (secondary N) is 2. The summed E-state index contributed by atoms with van der Waals surface area (Å²) in [4.78, 5) is 49.8. The highest BCUT2D eigenvalue weighted by Gasteiger charge is 2.27. The topological polar surface area (TPSA) is 136 Å². The zero-order chi connectivity index (χ0) is 28.6. The van der Waals surface area contributed by atoms with Crippen LogP contribution in [-0.2, 0) is 4.74 Å². The van der Waals surface area contributed by atoms with Crippen molar-refractivity contribution < 1.29 is 14.3 Å². The number of fused-ring (bicyclic) bond motifs is 1. The molecule has 0 unspecified atom stereocenters. The number of rotatable bonds is 6. The van der Waals surface area contributed by atoms with Gasteiger partial charge in [-0.2, -0.15) is 9.61 Å². The summed E-state index contributed by atoms with van der Waals surface area (Å²) in [5, 5.41) is 10.4. The molecule has 12 heteroatoms. The largest absolute Gasteiger partial charge is 0.443 e. The molecule has 5 rings (SSSR count). The maximum atomic E-state index is 13.4. The van der Waals surface area contributed by atoms with Crippen molar-refractivity contribution >= 4 is 35.0 Å². The molecular formula is C28H32N8O4. The van der Waals surface area contributed by atoms with Crippen LogP contribution in [0.4, 0.5) is 22.1 Å². The van der Waals surface area contributed by atoms with Crippen molar-refractivity contribution in [3.63, 3.8) is 0 Å². The number of ether oxygens (including phenoxy) is 1. The molecule has 12 nitrogen and oxygen atoms in total. The van der Waals surface area contributed by atoms with Crippen molar-refractivity contribution in [3.05, 3.63) is 70.4 Å². The molecule has 1 saturated carbocycles. The number of aromatic nitrogens is 5. The van der Waals surface area contributed by atoms with E-state index in [-0.39, 0.29) is 40.2 Å². The van der Waals surface area contributed by atoms with Gasteiger partial charge in [0.25, 0.3) is 11.5 Å². The second-order valence-electron chi connectivity index (χ2n) is 10.8. The van der Waals surface area contributed by atoms with E-state index >= 15 is 0 Å². The first kappa shape index (κ1) is 26.9. The average Bonchev–Trinajstić information content (AvgIpc) is 3.29. The monoisotopic (exact) mass is 544 g/mol. The van der Waals surface area contributed by atoms with Gasteiger partial charge in [-0.1, -0.05) is 6.07 Å². The molecule has 4 aromatic rings. The van der Waals surface area contributed by atoms with Gasteiger partial charge in [0.1, 0.15) is 34.3 Å². The van der Waals surface area contributed by atoms with Crippen LogP contribution in [0.5, 0.6) is 0 Å². The van der Waals surface area contributed by atoms with Crippen molar-refractivity contribution in [3.8, 4) is 5.82 Å². The quantitative estimate of drug-likeness (QED) is 0.372. The van der Waals surface area contributed by atoms with Gasteiger partial charge in [-0.05, 0) is 71.2 Å². The first-order valence-corrected chi connectivity index (χ1v) is 13.1. The summed E-state index contributed by atoms with van der Waals surface area (Å²) in [6, 6.07) is 10.5. The zero-order valence-electron chi connectivity index (χ0n) is 23.1. The second-order valence-corrected chi connectivity index (χ2v) is 10.8. The maximum absolute atomic E-state index is 13.4. The number of amides is 2. The van der Waals surface area contributed by atoms with Crippen LogP contribution < -0.4 is 21.1 Å². The molecule has 4 heterocycles. The Balaban J connectivity index is 1.57. The Labute approximate surface area is 231 Å². The first-order valence-electron chi connectivity index (χ1n) is 13.1. The van der Waals surface area contributed by atoms with Crippen LogP contribution in [0.1, 0.15) is 56.1 Å². The van der Waals surface area contributed by atoms with E-state index in [1.165, 1.54) is 20.2 Å². The smallest absolute Gasteiger partial charge is 0.415 e. The number of carbonyl (C=O) groups excluding carboxylic acids is 2. The second kappa shape index (κ2) is 10.4. The van der Waals surface area contributed by atoms with E-state index < -0.39 is 11.7 Å². The van der Waals surface area contributed by atoms with E-state index in [0.29, 0.717) is 11.6 Å². The van der Waals surface area contributed by atoms with Gasteiger partial charge < -0.3 is 15.4 Å². The minimum Gasteiger partial charge on any atom is -0.443 e. The number of anilines is 3. The number of nitrogens with zero attached hydrogens (tertiary/aromatic N) is 6. The van der Waals surface area contributed by atoms with Crippen LogP contribution in [-0.4, -0.2) is 54.8 Å². The molecule has 1 aliphatic carbocycles. The van der Waals surface area contributed by atoms with E-state index in [4.69, 9.17) is 4.74 Å². The van der Waals surface area contributed by atoms with Crippen molar-refractivity contribution in [2.45, 2.75) is 58.6 Å². The molecule has 1 aliphatic rings. The molecule has 40 heavy (non-hydrogen) atoms. The molecule has 0 atom stereocenters. The SMILES string of the molecule is Cc1cccc(-n2cccc(Nc3cc(N(C)C(=O)OC(C)(C)C)n4ncc(C(=O)NC5CCC5)c4n3)c2=O)n1. The normalized spacial score (nSPS) is 13.5. The Morgan fingerprint density at radius 2 is 1.90 bits per heavy atom. The minimum atomic E-state index is -0.727. The summed E-state index contributed by atoms with van der Waals surface area (Å²) in [6.45, 7) is 7.17. The summed E-state index contributed by atoms with van der Waals surface area (Å²) < 4.78 is 8.38. The van der Waals surface area contributed by atoms with Gasteiger partial charge in [0.15, 0.2) is 5.65 Å².